The quantitative estimate of drug-likeness (QED) is 0.762. The fraction of sp³-hybridized carbons (Fsp3) is 0.778. The Bertz CT molecular complexity index is 262. The maximum Gasteiger partial charge on any atom is 0.170 e. The van der Waals surface area contributed by atoms with E-state index in [1.54, 1.807) is 11.8 Å². The second kappa shape index (κ2) is 6.37. The second-order valence-electron chi connectivity index (χ2n) is 3.33. The first-order valence-electron chi connectivity index (χ1n) is 4.86. The highest BCUT2D eigenvalue weighted by Gasteiger charge is 2.05. The van der Waals surface area contributed by atoms with Crippen molar-refractivity contribution in [2.75, 3.05) is 18.8 Å². The lowest BCUT2D eigenvalue weighted by molar-refractivity contribution is 0.574. The summed E-state index contributed by atoms with van der Waals surface area (Å²) in [5.41, 5.74) is 0. The lowest BCUT2D eigenvalue weighted by Gasteiger charge is -2.09. The van der Waals surface area contributed by atoms with E-state index >= 15 is 0 Å². The Balaban J connectivity index is 2.20. The molecule has 0 aromatic carbocycles. The normalized spacial score (nSPS) is 13.1. The van der Waals surface area contributed by atoms with Crippen LogP contribution in [-0.2, 0) is 0 Å². The number of hydrogen-bond donors (Lipinski definition) is 1. The van der Waals surface area contributed by atoms with E-state index in [0.29, 0.717) is 5.92 Å². The van der Waals surface area contributed by atoms with E-state index in [1.165, 1.54) is 11.5 Å². The average Bonchev–Trinajstić information content (AvgIpc) is 2.58. The summed E-state index contributed by atoms with van der Waals surface area (Å²) >= 11 is 3.30. The van der Waals surface area contributed by atoms with Gasteiger partial charge in [0.15, 0.2) is 4.34 Å². The minimum atomic E-state index is 0.684. The Hall–Kier alpha value is -0.130. The van der Waals surface area contributed by atoms with Gasteiger partial charge in [0.25, 0.3) is 0 Å². The molecule has 0 saturated heterocycles. The van der Waals surface area contributed by atoms with Gasteiger partial charge in [-0.15, -0.1) is 0 Å². The zero-order valence-corrected chi connectivity index (χ0v) is 10.5. The van der Waals surface area contributed by atoms with Crippen molar-refractivity contribution >= 4 is 23.3 Å². The van der Waals surface area contributed by atoms with Gasteiger partial charge in [-0.2, -0.15) is 4.37 Å². The maximum atomic E-state index is 4.31. The lowest BCUT2D eigenvalue weighted by Crippen LogP contribution is -2.21. The van der Waals surface area contributed by atoms with Crippen molar-refractivity contribution in [3.8, 4) is 0 Å². The van der Waals surface area contributed by atoms with E-state index < -0.39 is 0 Å². The van der Waals surface area contributed by atoms with E-state index in [4.69, 9.17) is 0 Å². The number of nitrogens with one attached hydrogen (secondary N) is 1. The molecule has 1 unspecified atom stereocenters. The van der Waals surface area contributed by atoms with Crippen molar-refractivity contribution in [3.05, 3.63) is 5.82 Å². The van der Waals surface area contributed by atoms with Crippen LogP contribution in [-0.4, -0.2) is 28.2 Å². The minimum Gasteiger partial charge on any atom is -0.317 e. The molecule has 0 bridgehead atoms. The highest BCUT2D eigenvalue weighted by atomic mass is 32.2. The van der Waals surface area contributed by atoms with Crippen molar-refractivity contribution in [1.29, 1.82) is 0 Å². The molecular formula is C9H17N3S2. The lowest BCUT2D eigenvalue weighted by atomic mass is 10.2. The topological polar surface area (TPSA) is 37.8 Å². The third-order valence-electron chi connectivity index (χ3n) is 1.74. The van der Waals surface area contributed by atoms with Gasteiger partial charge in [0.1, 0.15) is 5.82 Å². The van der Waals surface area contributed by atoms with Gasteiger partial charge >= 0.3 is 0 Å². The molecule has 0 radical (unpaired) electrons. The smallest absolute Gasteiger partial charge is 0.170 e. The second-order valence-corrected chi connectivity index (χ2v) is 5.35. The monoisotopic (exact) mass is 231 g/mol. The largest absolute Gasteiger partial charge is 0.317 e. The molecule has 1 aromatic rings. The van der Waals surface area contributed by atoms with Crippen molar-refractivity contribution in [2.24, 2.45) is 5.92 Å². The molecule has 0 amide bonds. The molecule has 14 heavy (non-hydrogen) atoms. The molecule has 1 aromatic heterocycles. The highest BCUT2D eigenvalue weighted by molar-refractivity contribution is 8.00. The van der Waals surface area contributed by atoms with Crippen LogP contribution in [0.1, 0.15) is 19.7 Å². The van der Waals surface area contributed by atoms with Gasteiger partial charge in [-0.3, -0.25) is 0 Å². The first-order chi connectivity index (χ1) is 6.72. The van der Waals surface area contributed by atoms with Crippen molar-refractivity contribution < 1.29 is 0 Å². The van der Waals surface area contributed by atoms with Gasteiger partial charge in [-0.1, -0.05) is 25.6 Å². The van der Waals surface area contributed by atoms with Gasteiger partial charge < -0.3 is 5.32 Å². The first kappa shape index (κ1) is 11.9. The summed E-state index contributed by atoms with van der Waals surface area (Å²) in [5.74, 6) is 2.68. The molecule has 0 fully saturated rings. The number of nitrogens with zero attached hydrogens (tertiary/aromatic N) is 2. The minimum absolute atomic E-state index is 0.684. The van der Waals surface area contributed by atoms with Crippen molar-refractivity contribution in [3.63, 3.8) is 0 Å². The zero-order valence-electron chi connectivity index (χ0n) is 8.91. The van der Waals surface area contributed by atoms with Gasteiger partial charge in [-0.25, -0.2) is 4.98 Å². The predicted octanol–water partition coefficient (Wildman–Crippen LogP) is 2.18. The first-order valence-corrected chi connectivity index (χ1v) is 6.62. The Kier molecular flexibility index (Phi) is 5.44. The van der Waals surface area contributed by atoms with Crippen molar-refractivity contribution in [1.82, 2.24) is 14.7 Å². The Morgan fingerprint density at radius 1 is 1.57 bits per heavy atom. The van der Waals surface area contributed by atoms with Gasteiger partial charge in [0.05, 0.1) is 0 Å². The fourth-order valence-corrected chi connectivity index (χ4v) is 2.69. The number of thioether (sulfide) groups is 1. The summed E-state index contributed by atoms with van der Waals surface area (Å²) in [7, 11) is 0. The molecule has 0 spiro atoms. The maximum absolute atomic E-state index is 4.31. The number of hydrogen-bond acceptors (Lipinski definition) is 5. The number of aromatic nitrogens is 2. The van der Waals surface area contributed by atoms with Crippen LogP contribution in [0.15, 0.2) is 4.34 Å². The third kappa shape index (κ3) is 4.39. The summed E-state index contributed by atoms with van der Waals surface area (Å²) in [6.45, 7) is 8.45. The van der Waals surface area contributed by atoms with E-state index in [9.17, 15) is 0 Å². The molecule has 1 rings (SSSR count). The summed E-state index contributed by atoms with van der Waals surface area (Å²) in [6.07, 6.45) is 0. The van der Waals surface area contributed by atoms with E-state index in [0.717, 1.165) is 29.0 Å². The molecule has 3 nitrogen and oxygen atoms in total. The molecule has 0 saturated carbocycles. The number of rotatable bonds is 6. The van der Waals surface area contributed by atoms with Crippen LogP contribution in [0.3, 0.4) is 0 Å². The highest BCUT2D eigenvalue weighted by Crippen LogP contribution is 2.21. The van der Waals surface area contributed by atoms with Crippen LogP contribution >= 0.6 is 23.3 Å². The van der Waals surface area contributed by atoms with Crippen LogP contribution in [0.4, 0.5) is 0 Å². The van der Waals surface area contributed by atoms with Crippen LogP contribution < -0.4 is 5.32 Å². The summed E-state index contributed by atoms with van der Waals surface area (Å²) in [4.78, 5) is 4.31. The molecule has 0 aliphatic carbocycles. The van der Waals surface area contributed by atoms with Gasteiger partial charge in [0, 0.05) is 5.75 Å². The van der Waals surface area contributed by atoms with E-state index in [2.05, 4.69) is 28.5 Å². The fourth-order valence-electron chi connectivity index (χ4n) is 1.000. The molecular weight excluding hydrogens is 214 g/mol. The molecule has 0 aliphatic heterocycles. The Labute approximate surface area is 93.9 Å². The average molecular weight is 231 g/mol. The standard InChI is InChI=1S/C9H17N3S2/c1-4-10-5-7(2)6-13-9-11-8(3)12-14-9/h7,10H,4-6H2,1-3H3. The zero-order chi connectivity index (χ0) is 10.4. The molecule has 0 aliphatic rings. The van der Waals surface area contributed by atoms with Gasteiger partial charge in [0.2, 0.25) is 0 Å². The molecule has 5 heteroatoms. The summed E-state index contributed by atoms with van der Waals surface area (Å²) in [6, 6.07) is 0. The van der Waals surface area contributed by atoms with Gasteiger partial charge in [-0.05, 0) is 37.5 Å². The third-order valence-corrected chi connectivity index (χ3v) is 4.00. The van der Waals surface area contributed by atoms with Crippen LogP contribution in [0, 0.1) is 12.8 Å². The Morgan fingerprint density at radius 3 is 2.93 bits per heavy atom. The van der Waals surface area contributed by atoms with Crippen LogP contribution in [0.2, 0.25) is 0 Å². The van der Waals surface area contributed by atoms with E-state index in [-0.39, 0.29) is 0 Å². The predicted molar refractivity (Wildman–Crippen MR) is 63.1 cm³/mol. The molecule has 1 atom stereocenters. The summed E-state index contributed by atoms with van der Waals surface area (Å²) in [5, 5.41) is 3.34. The molecule has 1 N–H and O–H groups in total. The van der Waals surface area contributed by atoms with Crippen LogP contribution in [0.5, 0.6) is 0 Å². The summed E-state index contributed by atoms with van der Waals surface area (Å²) < 4.78 is 5.24. The van der Waals surface area contributed by atoms with Crippen LogP contribution in [0.25, 0.3) is 0 Å². The molecule has 80 valence electrons. The van der Waals surface area contributed by atoms with E-state index in [1.807, 2.05) is 6.92 Å². The Morgan fingerprint density at radius 2 is 2.36 bits per heavy atom. The number of aryl methyl sites for hydroxylation is 1. The SMILES string of the molecule is CCNCC(C)CSc1nc(C)ns1. The van der Waals surface area contributed by atoms with Crippen molar-refractivity contribution in [2.45, 2.75) is 25.1 Å². The molecule has 1 heterocycles.